The number of carbonyl (C=O) groups is 1. The Kier molecular flexibility index (Phi) is 2.32. The fourth-order valence-corrected chi connectivity index (χ4v) is 2.50. The fourth-order valence-electron chi connectivity index (χ4n) is 2.50. The zero-order chi connectivity index (χ0) is 13.5. The molecule has 20 heavy (non-hydrogen) atoms. The van der Waals surface area contributed by atoms with E-state index in [0.29, 0.717) is 24.4 Å². The fraction of sp³-hybridized carbons (Fsp3) is 0.231. The topological polar surface area (TPSA) is 79.2 Å². The average Bonchev–Trinajstić information content (AvgIpc) is 3.13. The molecule has 3 aromatic rings. The molecule has 100 valence electrons. The molecule has 4 rings (SSSR count). The van der Waals surface area contributed by atoms with Gasteiger partial charge in [0.05, 0.1) is 29.8 Å². The van der Waals surface area contributed by atoms with Crippen molar-refractivity contribution < 1.29 is 4.79 Å². The molecule has 0 atom stereocenters. The maximum absolute atomic E-state index is 12.5. The van der Waals surface area contributed by atoms with Crippen LogP contribution in [0, 0.1) is 0 Å². The van der Waals surface area contributed by atoms with Crippen molar-refractivity contribution in [3.8, 4) is 0 Å². The van der Waals surface area contributed by atoms with Gasteiger partial charge < -0.3 is 9.88 Å². The number of hydrogen-bond acceptors (Lipinski definition) is 4. The molecule has 0 saturated heterocycles. The van der Waals surface area contributed by atoms with Crippen molar-refractivity contribution in [3.05, 3.63) is 48.1 Å². The highest BCUT2D eigenvalue weighted by atomic mass is 16.2. The summed E-state index contributed by atoms with van der Waals surface area (Å²) in [6.45, 7) is 1.24. The Balaban J connectivity index is 1.64. The van der Waals surface area contributed by atoms with Crippen molar-refractivity contribution in [3.63, 3.8) is 0 Å². The summed E-state index contributed by atoms with van der Waals surface area (Å²) in [7, 11) is 0. The van der Waals surface area contributed by atoms with Crippen LogP contribution >= 0.6 is 0 Å². The normalized spacial score (nSPS) is 14.5. The first-order valence-electron chi connectivity index (χ1n) is 6.40. The smallest absolute Gasteiger partial charge is 0.257 e. The molecule has 3 aromatic heterocycles. The number of carbonyl (C=O) groups excluding carboxylic acids is 1. The number of H-pyrrole nitrogens is 1. The van der Waals surface area contributed by atoms with Crippen molar-refractivity contribution in [2.45, 2.75) is 13.0 Å². The van der Waals surface area contributed by atoms with E-state index in [4.69, 9.17) is 0 Å². The van der Waals surface area contributed by atoms with E-state index in [9.17, 15) is 4.79 Å². The van der Waals surface area contributed by atoms with Crippen LogP contribution < -0.4 is 0 Å². The van der Waals surface area contributed by atoms with E-state index in [2.05, 4.69) is 19.9 Å². The van der Waals surface area contributed by atoms with Crippen LogP contribution in [0.2, 0.25) is 0 Å². The molecule has 0 aromatic carbocycles. The zero-order valence-corrected chi connectivity index (χ0v) is 10.7. The minimum absolute atomic E-state index is 0.0200. The van der Waals surface area contributed by atoms with Crippen LogP contribution in [0.15, 0.2) is 31.1 Å². The van der Waals surface area contributed by atoms with E-state index in [-0.39, 0.29) is 5.91 Å². The van der Waals surface area contributed by atoms with Crippen LogP contribution in [0.5, 0.6) is 0 Å². The second kappa shape index (κ2) is 4.16. The van der Waals surface area contributed by atoms with E-state index in [0.717, 1.165) is 17.8 Å². The van der Waals surface area contributed by atoms with Gasteiger partial charge in [-0.2, -0.15) is 0 Å². The Hall–Kier alpha value is -2.70. The standard InChI is InChI=1S/C13H12N6O/c20-12(9-5-15-13-14-2-4-19(13)6-9)18-3-1-10-11(7-18)17-8-16-10/h2,4-6,8H,1,3,7H2,(H,16,17). The molecule has 1 aliphatic rings. The highest BCUT2D eigenvalue weighted by molar-refractivity contribution is 5.93. The van der Waals surface area contributed by atoms with Crippen molar-refractivity contribution in [2.24, 2.45) is 0 Å². The molecule has 0 aliphatic carbocycles. The van der Waals surface area contributed by atoms with Crippen LogP contribution in [-0.2, 0) is 13.0 Å². The molecule has 0 unspecified atom stereocenters. The number of aromatic amines is 1. The van der Waals surface area contributed by atoms with E-state index in [1.807, 2.05) is 0 Å². The van der Waals surface area contributed by atoms with Crippen molar-refractivity contribution in [1.82, 2.24) is 29.2 Å². The molecule has 4 heterocycles. The predicted octanol–water partition coefficient (Wildman–Crippen LogP) is 0.651. The number of rotatable bonds is 1. The lowest BCUT2D eigenvalue weighted by Gasteiger charge is -2.26. The molecular formula is C13H12N6O. The van der Waals surface area contributed by atoms with Gasteiger partial charge in [-0.15, -0.1) is 0 Å². The summed E-state index contributed by atoms with van der Waals surface area (Å²) in [4.78, 5) is 29.9. The lowest BCUT2D eigenvalue weighted by Crippen LogP contribution is -2.36. The SMILES string of the molecule is O=C(c1cnc2nccn2c1)N1CCc2nc[nH]c2C1. The summed E-state index contributed by atoms with van der Waals surface area (Å²) in [5, 5.41) is 0. The summed E-state index contributed by atoms with van der Waals surface area (Å²) in [5.41, 5.74) is 2.64. The third kappa shape index (κ3) is 1.67. The molecule has 1 aliphatic heterocycles. The lowest BCUT2D eigenvalue weighted by atomic mass is 10.1. The van der Waals surface area contributed by atoms with Gasteiger partial charge in [-0.1, -0.05) is 0 Å². The summed E-state index contributed by atoms with van der Waals surface area (Å²) >= 11 is 0. The van der Waals surface area contributed by atoms with Crippen molar-refractivity contribution in [1.29, 1.82) is 0 Å². The highest BCUT2D eigenvalue weighted by Gasteiger charge is 2.23. The van der Waals surface area contributed by atoms with Crippen LogP contribution in [0.1, 0.15) is 21.7 Å². The summed E-state index contributed by atoms with van der Waals surface area (Å²) in [6.07, 6.45) is 9.24. The average molecular weight is 268 g/mol. The number of nitrogens with zero attached hydrogens (tertiary/aromatic N) is 5. The maximum Gasteiger partial charge on any atom is 0.257 e. The van der Waals surface area contributed by atoms with Gasteiger partial charge in [0.1, 0.15) is 0 Å². The number of hydrogen-bond donors (Lipinski definition) is 1. The molecule has 0 saturated carbocycles. The lowest BCUT2D eigenvalue weighted by molar-refractivity contribution is 0.0731. The number of fused-ring (bicyclic) bond motifs is 2. The first-order valence-corrected chi connectivity index (χ1v) is 6.40. The highest BCUT2D eigenvalue weighted by Crippen LogP contribution is 2.17. The Morgan fingerprint density at radius 1 is 1.30 bits per heavy atom. The van der Waals surface area contributed by atoms with Gasteiger partial charge in [-0.3, -0.25) is 9.20 Å². The summed E-state index contributed by atoms with van der Waals surface area (Å²) in [6, 6.07) is 0. The zero-order valence-electron chi connectivity index (χ0n) is 10.7. The van der Waals surface area contributed by atoms with Gasteiger partial charge in [-0.05, 0) is 0 Å². The monoisotopic (exact) mass is 268 g/mol. The van der Waals surface area contributed by atoms with Crippen LogP contribution in [0.25, 0.3) is 5.78 Å². The second-order valence-corrected chi connectivity index (χ2v) is 4.78. The van der Waals surface area contributed by atoms with Crippen molar-refractivity contribution in [2.75, 3.05) is 6.54 Å². The van der Waals surface area contributed by atoms with E-state index in [1.54, 1.807) is 40.4 Å². The van der Waals surface area contributed by atoms with Crippen molar-refractivity contribution >= 4 is 11.7 Å². The van der Waals surface area contributed by atoms with Crippen LogP contribution in [0.3, 0.4) is 0 Å². The van der Waals surface area contributed by atoms with Gasteiger partial charge in [0.2, 0.25) is 5.78 Å². The number of aromatic nitrogens is 5. The third-order valence-corrected chi connectivity index (χ3v) is 3.55. The Morgan fingerprint density at radius 2 is 2.25 bits per heavy atom. The molecule has 1 amide bonds. The van der Waals surface area contributed by atoms with Gasteiger partial charge in [0.25, 0.3) is 5.91 Å². The predicted molar refractivity (Wildman–Crippen MR) is 70.0 cm³/mol. The maximum atomic E-state index is 12.5. The van der Waals surface area contributed by atoms with Gasteiger partial charge in [-0.25, -0.2) is 15.0 Å². The molecule has 0 spiro atoms. The third-order valence-electron chi connectivity index (χ3n) is 3.55. The molecule has 0 bridgehead atoms. The molecule has 0 radical (unpaired) electrons. The van der Waals surface area contributed by atoms with Crippen LogP contribution in [0.4, 0.5) is 0 Å². The number of nitrogens with one attached hydrogen (secondary N) is 1. The minimum atomic E-state index is -0.0200. The quantitative estimate of drug-likeness (QED) is 0.703. The number of imidazole rings is 2. The minimum Gasteiger partial charge on any atom is -0.347 e. The summed E-state index contributed by atoms with van der Waals surface area (Å²) < 4.78 is 1.75. The molecular weight excluding hydrogens is 256 g/mol. The second-order valence-electron chi connectivity index (χ2n) is 4.78. The van der Waals surface area contributed by atoms with Crippen LogP contribution in [-0.4, -0.2) is 41.7 Å². The first-order chi connectivity index (χ1) is 9.81. The Bertz CT molecular complexity index is 789. The van der Waals surface area contributed by atoms with Gasteiger partial charge in [0.15, 0.2) is 0 Å². The molecule has 1 N–H and O–H groups in total. The molecule has 7 nitrogen and oxygen atoms in total. The van der Waals surface area contributed by atoms with E-state index >= 15 is 0 Å². The van der Waals surface area contributed by atoms with E-state index in [1.165, 1.54) is 0 Å². The largest absolute Gasteiger partial charge is 0.347 e. The first kappa shape index (κ1) is 11.2. The number of amides is 1. The Labute approximate surface area is 114 Å². The van der Waals surface area contributed by atoms with E-state index < -0.39 is 0 Å². The summed E-state index contributed by atoms with van der Waals surface area (Å²) in [5.74, 6) is 0.574. The molecule has 7 heteroatoms. The van der Waals surface area contributed by atoms with Gasteiger partial charge in [0, 0.05) is 37.8 Å². The Morgan fingerprint density at radius 3 is 3.20 bits per heavy atom. The molecule has 0 fully saturated rings. The van der Waals surface area contributed by atoms with Gasteiger partial charge >= 0.3 is 0 Å².